The third-order valence-corrected chi connectivity index (χ3v) is 1.57. The van der Waals surface area contributed by atoms with Crippen molar-refractivity contribution in [3.05, 3.63) is 28.5 Å². The van der Waals surface area contributed by atoms with Gasteiger partial charge in [-0.05, 0) is 24.9 Å². The van der Waals surface area contributed by atoms with Gasteiger partial charge in [0.15, 0.2) is 0 Å². The Morgan fingerprint density at radius 3 is 2.70 bits per heavy atom. The van der Waals surface area contributed by atoms with E-state index < -0.39 is 0 Å². The lowest BCUT2D eigenvalue weighted by atomic mass is 10.3. The number of hydrogen-bond donors (Lipinski definition) is 0. The van der Waals surface area contributed by atoms with E-state index in [0.29, 0.717) is 4.47 Å². The molecule has 0 saturated carbocycles. The minimum absolute atomic E-state index is 0.281. The molecule has 0 fully saturated rings. The van der Waals surface area contributed by atoms with Crippen LogP contribution in [0.15, 0.2) is 27.7 Å². The second-order valence-electron chi connectivity index (χ2n) is 1.75. The summed E-state index contributed by atoms with van der Waals surface area (Å²) in [7, 11) is 0. The number of rotatable bonds is 1. The van der Waals surface area contributed by atoms with Gasteiger partial charge < -0.3 is 0 Å². The first-order chi connectivity index (χ1) is 4.74. The van der Waals surface area contributed by atoms with Gasteiger partial charge in [0.1, 0.15) is 5.82 Å². The van der Waals surface area contributed by atoms with E-state index >= 15 is 0 Å². The van der Waals surface area contributed by atoms with E-state index in [0.717, 1.165) is 0 Å². The first-order valence-corrected chi connectivity index (χ1v) is 3.45. The van der Waals surface area contributed by atoms with Crippen molar-refractivity contribution in [2.45, 2.75) is 0 Å². The zero-order valence-corrected chi connectivity index (χ0v) is 6.73. The standard InChI is InChI=1S/C7H5BrFN/c1-10-7-3-2-5(8)4-6(7)9/h2-4H,1H2. The molecule has 52 valence electrons. The van der Waals surface area contributed by atoms with Crippen molar-refractivity contribution in [2.24, 2.45) is 4.99 Å². The maximum atomic E-state index is 12.7. The third-order valence-electron chi connectivity index (χ3n) is 1.08. The highest BCUT2D eigenvalue weighted by Crippen LogP contribution is 2.20. The topological polar surface area (TPSA) is 12.4 Å². The average Bonchev–Trinajstić information content (AvgIpc) is 1.88. The van der Waals surface area contributed by atoms with Gasteiger partial charge in [0, 0.05) is 4.47 Å². The Hall–Kier alpha value is -0.700. The molecule has 0 aromatic heterocycles. The molecule has 0 saturated heterocycles. The van der Waals surface area contributed by atoms with Crippen molar-refractivity contribution < 1.29 is 4.39 Å². The lowest BCUT2D eigenvalue weighted by Gasteiger charge is -1.94. The van der Waals surface area contributed by atoms with Crippen LogP contribution in [0.25, 0.3) is 0 Å². The van der Waals surface area contributed by atoms with Gasteiger partial charge in [-0.25, -0.2) is 4.39 Å². The molecule has 3 heteroatoms. The Morgan fingerprint density at radius 1 is 1.50 bits per heavy atom. The smallest absolute Gasteiger partial charge is 0.149 e. The zero-order chi connectivity index (χ0) is 7.56. The molecule has 1 rings (SSSR count). The minimum atomic E-state index is -0.357. The second-order valence-corrected chi connectivity index (χ2v) is 2.67. The quantitative estimate of drug-likeness (QED) is 0.620. The maximum Gasteiger partial charge on any atom is 0.149 e. The van der Waals surface area contributed by atoms with Crippen molar-refractivity contribution in [1.29, 1.82) is 0 Å². The van der Waals surface area contributed by atoms with E-state index in [-0.39, 0.29) is 11.5 Å². The highest BCUT2D eigenvalue weighted by molar-refractivity contribution is 9.10. The molecule has 0 atom stereocenters. The first kappa shape index (κ1) is 7.41. The van der Waals surface area contributed by atoms with Crippen LogP contribution in [-0.2, 0) is 0 Å². The summed E-state index contributed by atoms with van der Waals surface area (Å²) < 4.78 is 13.4. The van der Waals surface area contributed by atoms with Crippen molar-refractivity contribution >= 4 is 28.3 Å². The molecule has 0 N–H and O–H groups in total. The average molecular weight is 202 g/mol. The Bertz CT molecular complexity index is 260. The van der Waals surface area contributed by atoms with Crippen LogP contribution in [-0.4, -0.2) is 6.72 Å². The van der Waals surface area contributed by atoms with Crippen molar-refractivity contribution in [2.75, 3.05) is 0 Å². The minimum Gasteiger partial charge on any atom is -0.262 e. The lowest BCUT2D eigenvalue weighted by Crippen LogP contribution is -1.73. The number of benzene rings is 1. The molecule has 0 amide bonds. The van der Waals surface area contributed by atoms with Gasteiger partial charge in [0.25, 0.3) is 0 Å². The predicted molar refractivity (Wildman–Crippen MR) is 43.3 cm³/mol. The lowest BCUT2D eigenvalue weighted by molar-refractivity contribution is 0.629. The van der Waals surface area contributed by atoms with E-state index in [1.165, 1.54) is 6.07 Å². The molecule has 0 unspecified atom stereocenters. The molecule has 0 aliphatic carbocycles. The number of nitrogens with zero attached hydrogens (tertiary/aromatic N) is 1. The fraction of sp³-hybridized carbons (Fsp3) is 0. The van der Waals surface area contributed by atoms with Crippen molar-refractivity contribution in [1.82, 2.24) is 0 Å². The van der Waals surface area contributed by atoms with Crippen LogP contribution in [0.3, 0.4) is 0 Å². The number of aliphatic imine (C=N–C) groups is 1. The van der Waals surface area contributed by atoms with Gasteiger partial charge in [-0.1, -0.05) is 15.9 Å². The Morgan fingerprint density at radius 2 is 2.20 bits per heavy atom. The fourth-order valence-electron chi connectivity index (χ4n) is 0.609. The van der Waals surface area contributed by atoms with E-state index in [1.54, 1.807) is 12.1 Å². The van der Waals surface area contributed by atoms with Crippen LogP contribution < -0.4 is 0 Å². The van der Waals surface area contributed by atoms with Crippen LogP contribution in [0.5, 0.6) is 0 Å². The van der Waals surface area contributed by atoms with Gasteiger partial charge in [-0.15, -0.1) is 0 Å². The normalized spacial score (nSPS) is 9.40. The van der Waals surface area contributed by atoms with Crippen molar-refractivity contribution in [3.63, 3.8) is 0 Å². The van der Waals surface area contributed by atoms with Crippen molar-refractivity contribution in [3.8, 4) is 0 Å². The Kier molecular flexibility index (Phi) is 2.17. The maximum absolute atomic E-state index is 12.7. The summed E-state index contributed by atoms with van der Waals surface area (Å²) in [5.41, 5.74) is 0.281. The third kappa shape index (κ3) is 1.42. The Labute approximate surface area is 66.7 Å². The predicted octanol–water partition coefficient (Wildman–Crippen LogP) is 2.92. The molecule has 0 heterocycles. The summed E-state index contributed by atoms with van der Waals surface area (Å²) >= 11 is 3.12. The molecule has 0 spiro atoms. The van der Waals surface area contributed by atoms with Crippen LogP contribution in [0, 0.1) is 5.82 Å². The first-order valence-electron chi connectivity index (χ1n) is 2.66. The molecule has 0 aliphatic heterocycles. The van der Waals surface area contributed by atoms with Crippen LogP contribution in [0.2, 0.25) is 0 Å². The summed E-state index contributed by atoms with van der Waals surface area (Å²) in [6.07, 6.45) is 0. The monoisotopic (exact) mass is 201 g/mol. The van der Waals surface area contributed by atoms with E-state index in [9.17, 15) is 4.39 Å². The number of halogens is 2. The van der Waals surface area contributed by atoms with Gasteiger partial charge in [0.2, 0.25) is 0 Å². The van der Waals surface area contributed by atoms with Gasteiger partial charge >= 0.3 is 0 Å². The highest BCUT2D eigenvalue weighted by atomic mass is 79.9. The van der Waals surface area contributed by atoms with Crippen LogP contribution in [0.4, 0.5) is 10.1 Å². The molecular weight excluding hydrogens is 197 g/mol. The second kappa shape index (κ2) is 2.92. The largest absolute Gasteiger partial charge is 0.262 e. The molecule has 0 radical (unpaired) electrons. The van der Waals surface area contributed by atoms with E-state index in [4.69, 9.17) is 0 Å². The summed E-state index contributed by atoms with van der Waals surface area (Å²) in [5, 5.41) is 0. The summed E-state index contributed by atoms with van der Waals surface area (Å²) in [5.74, 6) is -0.357. The van der Waals surface area contributed by atoms with Gasteiger partial charge in [-0.2, -0.15) is 0 Å². The summed E-state index contributed by atoms with van der Waals surface area (Å²) in [4.78, 5) is 3.47. The Balaban J connectivity index is 3.19. The SMILES string of the molecule is C=Nc1ccc(Br)cc1F. The van der Waals surface area contributed by atoms with Gasteiger partial charge in [-0.3, -0.25) is 4.99 Å². The van der Waals surface area contributed by atoms with Crippen LogP contribution in [0.1, 0.15) is 0 Å². The molecular formula is C7H5BrFN. The van der Waals surface area contributed by atoms with Gasteiger partial charge in [0.05, 0.1) is 5.69 Å². The van der Waals surface area contributed by atoms with Crippen LogP contribution >= 0.6 is 15.9 Å². The molecule has 1 aromatic rings. The molecule has 1 aromatic carbocycles. The summed E-state index contributed by atoms with van der Waals surface area (Å²) in [6, 6.07) is 4.63. The number of hydrogen-bond acceptors (Lipinski definition) is 1. The highest BCUT2D eigenvalue weighted by Gasteiger charge is 1.97. The molecule has 0 bridgehead atoms. The summed E-state index contributed by atoms with van der Waals surface area (Å²) in [6.45, 7) is 3.22. The molecule has 1 nitrogen and oxygen atoms in total. The molecule has 10 heavy (non-hydrogen) atoms. The fourth-order valence-corrected chi connectivity index (χ4v) is 0.943. The van der Waals surface area contributed by atoms with E-state index in [2.05, 4.69) is 27.6 Å². The zero-order valence-electron chi connectivity index (χ0n) is 5.14. The van der Waals surface area contributed by atoms with E-state index in [1.807, 2.05) is 0 Å². The molecule has 0 aliphatic rings.